The Balaban J connectivity index is 1.51. The van der Waals surface area contributed by atoms with E-state index in [-0.39, 0.29) is 29.7 Å². The Hall–Kier alpha value is -4.43. The molecule has 0 atom stereocenters. The second kappa shape index (κ2) is 11.9. The Labute approximate surface area is 258 Å². The van der Waals surface area contributed by atoms with Crippen LogP contribution in [0.25, 0.3) is 21.9 Å². The van der Waals surface area contributed by atoms with E-state index in [1.165, 1.54) is 11.0 Å². The Morgan fingerprint density at radius 1 is 0.909 bits per heavy atom. The van der Waals surface area contributed by atoms with Crippen molar-refractivity contribution in [2.24, 2.45) is 0 Å². The van der Waals surface area contributed by atoms with Crippen LogP contribution in [0.15, 0.2) is 89.5 Å². The molecule has 0 bridgehead atoms. The number of alkyl halides is 3. The fraction of sp³-hybridized carbons (Fsp3) is 0.229. The number of benzene rings is 3. The van der Waals surface area contributed by atoms with Gasteiger partial charge in [0.1, 0.15) is 11.5 Å². The van der Waals surface area contributed by atoms with Crippen LogP contribution in [-0.4, -0.2) is 21.6 Å². The number of furan rings is 1. The number of amides is 1. The molecule has 44 heavy (non-hydrogen) atoms. The van der Waals surface area contributed by atoms with E-state index in [9.17, 15) is 22.8 Å². The fourth-order valence-electron chi connectivity index (χ4n) is 5.04. The number of Topliss-reactive ketones (excluding diaryl/α,β-unsaturated/α-hetero) is 1. The number of rotatable bonds is 8. The van der Waals surface area contributed by atoms with Gasteiger partial charge >= 0.3 is 6.18 Å². The third-order valence-electron chi connectivity index (χ3n) is 7.98. The van der Waals surface area contributed by atoms with Crippen LogP contribution >= 0.6 is 11.6 Å². The summed E-state index contributed by atoms with van der Waals surface area (Å²) in [5, 5.41) is 1.86. The van der Waals surface area contributed by atoms with E-state index in [1.54, 1.807) is 19.2 Å². The van der Waals surface area contributed by atoms with Crippen molar-refractivity contribution in [1.82, 2.24) is 9.88 Å². The van der Waals surface area contributed by atoms with Crippen LogP contribution < -0.4 is 0 Å². The summed E-state index contributed by atoms with van der Waals surface area (Å²) in [6.07, 6.45) is -3.03. The summed E-state index contributed by atoms with van der Waals surface area (Å²) in [6, 6.07) is 22.5. The van der Waals surface area contributed by atoms with Crippen LogP contribution in [0.4, 0.5) is 13.2 Å². The maximum Gasteiger partial charge on any atom is 0.449 e. The molecule has 9 heteroatoms. The molecule has 0 unspecified atom stereocenters. The molecule has 0 spiro atoms. The highest BCUT2D eigenvalue weighted by atomic mass is 35.5. The van der Waals surface area contributed by atoms with Crippen molar-refractivity contribution in [2.45, 2.75) is 52.4 Å². The van der Waals surface area contributed by atoms with Gasteiger partial charge in [0.05, 0.1) is 29.4 Å². The lowest BCUT2D eigenvalue weighted by Gasteiger charge is -2.24. The number of hydrogen-bond donors (Lipinski definition) is 0. The number of carbonyl (C=O) groups excluding carboxylic acids is 2. The third-order valence-corrected chi connectivity index (χ3v) is 8.31. The zero-order chi connectivity index (χ0) is 31.8. The second-order valence-corrected chi connectivity index (χ2v) is 11.7. The van der Waals surface area contributed by atoms with Gasteiger partial charge in [0.25, 0.3) is 5.91 Å². The normalized spacial score (nSPS) is 12.0. The van der Waals surface area contributed by atoms with Crippen LogP contribution in [0.2, 0.25) is 5.02 Å². The molecule has 0 aliphatic carbocycles. The molecule has 2 heterocycles. The standard InChI is InChI=1S/C35H30ClF3N2O3/c1-21-12-13-23-8-5-6-11-28(23)32(21)33(43)41(19-27-14-15-31(44-27)35(37,38)39)20-30-29(36)17-25(18-40-30)24-9-7-10-26(16-24)34(3,4)22(2)42/h5-18H,19-20H2,1-4H3. The van der Waals surface area contributed by atoms with Crippen molar-refractivity contribution < 1.29 is 27.2 Å². The number of hydrogen-bond acceptors (Lipinski definition) is 4. The molecule has 2 aromatic heterocycles. The van der Waals surface area contributed by atoms with Crippen molar-refractivity contribution in [3.63, 3.8) is 0 Å². The highest BCUT2D eigenvalue weighted by Crippen LogP contribution is 2.33. The maximum absolute atomic E-state index is 14.1. The number of fused-ring (bicyclic) bond motifs is 1. The summed E-state index contributed by atoms with van der Waals surface area (Å²) in [4.78, 5) is 32.3. The van der Waals surface area contributed by atoms with Gasteiger partial charge in [-0.2, -0.15) is 13.2 Å². The van der Waals surface area contributed by atoms with Crippen LogP contribution in [-0.2, 0) is 29.5 Å². The van der Waals surface area contributed by atoms with Gasteiger partial charge in [-0.1, -0.05) is 72.3 Å². The molecule has 0 saturated carbocycles. The molecule has 5 rings (SSSR count). The summed E-state index contributed by atoms with van der Waals surface area (Å²) >= 11 is 6.72. The van der Waals surface area contributed by atoms with E-state index in [4.69, 9.17) is 16.0 Å². The monoisotopic (exact) mass is 618 g/mol. The highest BCUT2D eigenvalue weighted by Gasteiger charge is 2.35. The van der Waals surface area contributed by atoms with Gasteiger partial charge in [-0.25, -0.2) is 0 Å². The molecule has 0 fully saturated rings. The van der Waals surface area contributed by atoms with Gasteiger partial charge < -0.3 is 9.32 Å². The smallest absolute Gasteiger partial charge is 0.449 e. The first-order valence-electron chi connectivity index (χ1n) is 14.0. The van der Waals surface area contributed by atoms with Crippen LogP contribution in [0, 0.1) is 6.92 Å². The average molecular weight is 619 g/mol. The van der Waals surface area contributed by atoms with Crippen molar-refractivity contribution in [1.29, 1.82) is 0 Å². The molecule has 0 N–H and O–H groups in total. The van der Waals surface area contributed by atoms with Gasteiger partial charge in [0.2, 0.25) is 5.76 Å². The molecule has 1 amide bonds. The minimum Gasteiger partial charge on any atom is -0.455 e. The van der Waals surface area contributed by atoms with E-state index in [0.717, 1.165) is 33.5 Å². The lowest BCUT2D eigenvalue weighted by atomic mass is 9.80. The Morgan fingerprint density at radius 2 is 1.66 bits per heavy atom. The quantitative estimate of drug-likeness (QED) is 0.174. The van der Waals surface area contributed by atoms with Gasteiger partial charge in [-0.3, -0.25) is 14.6 Å². The molecule has 0 aliphatic rings. The lowest BCUT2D eigenvalue weighted by Crippen LogP contribution is -2.31. The molecule has 5 aromatic rings. The molecule has 226 valence electrons. The van der Waals surface area contributed by atoms with Gasteiger partial charge in [0.15, 0.2) is 0 Å². The second-order valence-electron chi connectivity index (χ2n) is 11.3. The molecule has 0 saturated heterocycles. The number of ketones is 1. The van der Waals surface area contributed by atoms with Gasteiger partial charge in [0, 0.05) is 17.2 Å². The van der Waals surface area contributed by atoms with Crippen molar-refractivity contribution in [3.8, 4) is 11.1 Å². The number of carbonyl (C=O) groups is 2. The minimum atomic E-state index is -4.66. The van der Waals surface area contributed by atoms with Crippen molar-refractivity contribution in [3.05, 3.63) is 124 Å². The SMILES string of the molecule is CC(=O)C(C)(C)c1cccc(-c2cnc(CN(Cc3ccc(C(F)(F)F)o3)C(=O)c3c(C)ccc4ccccc34)c(Cl)c2)c1. The first-order chi connectivity index (χ1) is 20.8. The predicted octanol–water partition coefficient (Wildman–Crippen LogP) is 9.18. The van der Waals surface area contributed by atoms with Gasteiger partial charge in [-0.05, 0) is 73.4 Å². The van der Waals surface area contributed by atoms with Crippen LogP contribution in [0.3, 0.4) is 0 Å². The molecule has 0 radical (unpaired) electrons. The topological polar surface area (TPSA) is 63.4 Å². The predicted molar refractivity (Wildman–Crippen MR) is 164 cm³/mol. The maximum atomic E-state index is 14.1. The van der Waals surface area contributed by atoms with E-state index in [1.807, 2.05) is 81.4 Å². The molecule has 5 nitrogen and oxygen atoms in total. The van der Waals surface area contributed by atoms with Crippen molar-refractivity contribution >= 4 is 34.1 Å². The summed E-state index contributed by atoms with van der Waals surface area (Å²) in [7, 11) is 0. The number of aryl methyl sites for hydroxylation is 1. The van der Waals surface area contributed by atoms with Crippen LogP contribution in [0.5, 0.6) is 0 Å². The van der Waals surface area contributed by atoms with E-state index in [0.29, 0.717) is 16.8 Å². The largest absolute Gasteiger partial charge is 0.455 e. The molecule has 3 aromatic carbocycles. The summed E-state index contributed by atoms with van der Waals surface area (Å²) in [5.74, 6) is -1.53. The summed E-state index contributed by atoms with van der Waals surface area (Å²) in [6.45, 7) is 6.78. The summed E-state index contributed by atoms with van der Waals surface area (Å²) < 4.78 is 44.9. The van der Waals surface area contributed by atoms with Crippen LogP contribution in [0.1, 0.15) is 59.5 Å². The Kier molecular flexibility index (Phi) is 8.40. The first kappa shape index (κ1) is 31.0. The fourth-order valence-corrected chi connectivity index (χ4v) is 5.26. The number of halogens is 4. The molecular formula is C35H30ClF3N2O3. The van der Waals surface area contributed by atoms with E-state index < -0.39 is 23.3 Å². The number of pyridine rings is 1. The zero-order valence-electron chi connectivity index (χ0n) is 24.6. The lowest BCUT2D eigenvalue weighted by molar-refractivity contribution is -0.153. The highest BCUT2D eigenvalue weighted by molar-refractivity contribution is 6.31. The Bertz CT molecular complexity index is 1880. The Morgan fingerprint density at radius 3 is 2.34 bits per heavy atom. The number of aromatic nitrogens is 1. The van der Waals surface area contributed by atoms with E-state index >= 15 is 0 Å². The summed E-state index contributed by atoms with van der Waals surface area (Å²) in [5.41, 5.74) is 3.22. The first-order valence-corrected chi connectivity index (χ1v) is 14.3. The number of nitrogens with zero attached hydrogens (tertiary/aromatic N) is 2. The van der Waals surface area contributed by atoms with Crippen molar-refractivity contribution in [2.75, 3.05) is 0 Å². The molecule has 0 aliphatic heterocycles. The molecular weight excluding hydrogens is 589 g/mol. The minimum absolute atomic E-state index is 0.0267. The van der Waals surface area contributed by atoms with E-state index in [2.05, 4.69) is 4.98 Å². The third kappa shape index (κ3) is 6.26. The zero-order valence-corrected chi connectivity index (χ0v) is 25.4. The van der Waals surface area contributed by atoms with Gasteiger partial charge in [-0.15, -0.1) is 0 Å². The average Bonchev–Trinajstić information content (AvgIpc) is 3.47.